The topological polar surface area (TPSA) is 62.5 Å². The van der Waals surface area contributed by atoms with Gasteiger partial charge < -0.3 is 0 Å². The molecule has 0 saturated heterocycles. The van der Waals surface area contributed by atoms with Gasteiger partial charge in [0.2, 0.25) is 0 Å². The van der Waals surface area contributed by atoms with Crippen molar-refractivity contribution in [2.45, 2.75) is 0 Å². The summed E-state index contributed by atoms with van der Waals surface area (Å²) in [7, 11) is 0. The summed E-state index contributed by atoms with van der Waals surface area (Å²) in [5.41, 5.74) is 10.3. The molecule has 63 heavy (non-hydrogen) atoms. The van der Waals surface area contributed by atoms with E-state index in [0.717, 1.165) is 44.5 Å². The Morgan fingerprint density at radius 3 is 1.41 bits per heavy atom. The number of nitriles is 1. The Hall–Kier alpha value is -8.30. The quantitative estimate of drug-likeness (QED) is 0.157. The first-order valence-corrected chi connectivity index (χ1v) is 21.8. The first-order chi connectivity index (χ1) is 31.1. The highest BCUT2D eigenvalue weighted by Gasteiger charge is 2.18. The zero-order chi connectivity index (χ0) is 41.9. The molecule has 0 aliphatic heterocycles. The molecule has 0 bridgehead atoms. The van der Waals surface area contributed by atoms with Crippen molar-refractivity contribution >= 4 is 63.8 Å². The summed E-state index contributed by atoms with van der Waals surface area (Å²) in [5, 5.41) is 19.0. The van der Waals surface area contributed by atoms with Crippen LogP contribution >= 0.6 is 11.3 Å². The number of rotatable bonds is 6. The SMILES string of the molecule is N#Cc1ccc(-c2ccc(-c3cc4c5ccccc5c(-c5cccc(-c6nc(-c7ccccc7)nc(-c7ccc8c(c7)sc7ccccc78)n6)c5)cc4c4ccccc34)cc2)cc1. The van der Waals surface area contributed by atoms with Crippen molar-refractivity contribution in [1.29, 1.82) is 5.26 Å². The van der Waals surface area contributed by atoms with Crippen LogP contribution in [-0.2, 0) is 0 Å². The second-order valence-corrected chi connectivity index (χ2v) is 16.9. The summed E-state index contributed by atoms with van der Waals surface area (Å²) < 4.78 is 2.48. The van der Waals surface area contributed by atoms with E-state index in [2.05, 4.69) is 170 Å². The van der Waals surface area contributed by atoms with E-state index in [1.165, 1.54) is 58.1 Å². The van der Waals surface area contributed by atoms with Gasteiger partial charge in [0.1, 0.15) is 0 Å². The molecule has 292 valence electrons. The summed E-state index contributed by atoms with van der Waals surface area (Å²) in [6.07, 6.45) is 0. The minimum absolute atomic E-state index is 0.627. The number of fused-ring (bicyclic) bond motifs is 8. The third-order valence-corrected chi connectivity index (χ3v) is 13.3. The minimum atomic E-state index is 0.627. The molecule has 0 aliphatic rings. The van der Waals surface area contributed by atoms with E-state index in [-0.39, 0.29) is 0 Å². The molecule has 0 radical (unpaired) electrons. The molecule has 0 spiro atoms. The van der Waals surface area contributed by atoms with Crippen LogP contribution in [0.1, 0.15) is 5.56 Å². The van der Waals surface area contributed by atoms with Crippen LogP contribution in [-0.4, -0.2) is 15.0 Å². The van der Waals surface area contributed by atoms with Gasteiger partial charge in [0, 0.05) is 36.9 Å². The molecular formula is C58H34N4S. The van der Waals surface area contributed by atoms with Crippen LogP contribution in [0.3, 0.4) is 0 Å². The second-order valence-electron chi connectivity index (χ2n) is 15.9. The van der Waals surface area contributed by atoms with E-state index in [0.29, 0.717) is 23.0 Å². The lowest BCUT2D eigenvalue weighted by atomic mass is 9.87. The van der Waals surface area contributed by atoms with Gasteiger partial charge in [0.25, 0.3) is 0 Å². The molecule has 5 heteroatoms. The Morgan fingerprint density at radius 1 is 0.302 bits per heavy atom. The molecule has 10 aromatic carbocycles. The van der Waals surface area contributed by atoms with E-state index >= 15 is 0 Å². The summed E-state index contributed by atoms with van der Waals surface area (Å²) in [6, 6.07) is 74.9. The monoisotopic (exact) mass is 818 g/mol. The van der Waals surface area contributed by atoms with Crippen LogP contribution in [0.25, 0.3) is 120 Å². The Bertz CT molecular complexity index is 3790. The van der Waals surface area contributed by atoms with Crippen LogP contribution < -0.4 is 0 Å². The lowest BCUT2D eigenvalue weighted by molar-refractivity contribution is 1.07. The summed E-state index contributed by atoms with van der Waals surface area (Å²) >= 11 is 1.79. The fourth-order valence-electron chi connectivity index (χ4n) is 9.05. The van der Waals surface area contributed by atoms with E-state index < -0.39 is 0 Å². The molecule has 0 amide bonds. The smallest absolute Gasteiger partial charge is 0.164 e. The highest BCUT2D eigenvalue weighted by atomic mass is 32.1. The van der Waals surface area contributed by atoms with Gasteiger partial charge in [0.15, 0.2) is 17.5 Å². The molecular weight excluding hydrogens is 785 g/mol. The second kappa shape index (κ2) is 15.0. The predicted octanol–water partition coefficient (Wildman–Crippen LogP) is 15.6. The molecule has 4 nitrogen and oxygen atoms in total. The first-order valence-electron chi connectivity index (χ1n) is 21.0. The van der Waals surface area contributed by atoms with E-state index in [1.807, 2.05) is 42.5 Å². The molecule has 12 aromatic rings. The summed E-state index contributed by atoms with van der Waals surface area (Å²) in [5.74, 6) is 1.91. The van der Waals surface area contributed by atoms with Gasteiger partial charge in [-0.3, -0.25) is 0 Å². The van der Waals surface area contributed by atoms with Crippen molar-refractivity contribution in [3.63, 3.8) is 0 Å². The largest absolute Gasteiger partial charge is 0.208 e. The van der Waals surface area contributed by atoms with Crippen molar-refractivity contribution in [2.24, 2.45) is 0 Å². The van der Waals surface area contributed by atoms with Crippen LogP contribution in [0, 0.1) is 11.3 Å². The van der Waals surface area contributed by atoms with Crippen LogP contribution in [0.4, 0.5) is 0 Å². The number of hydrogen-bond donors (Lipinski definition) is 0. The minimum Gasteiger partial charge on any atom is -0.208 e. The van der Waals surface area contributed by atoms with Gasteiger partial charge in [0.05, 0.1) is 11.6 Å². The number of aromatic nitrogens is 3. The number of benzene rings is 10. The lowest BCUT2D eigenvalue weighted by Crippen LogP contribution is -2.00. The Balaban J connectivity index is 0.993. The maximum atomic E-state index is 9.28. The number of hydrogen-bond acceptors (Lipinski definition) is 5. The number of nitrogens with zero attached hydrogens (tertiary/aromatic N) is 4. The van der Waals surface area contributed by atoms with Crippen molar-refractivity contribution in [1.82, 2.24) is 15.0 Å². The summed E-state index contributed by atoms with van der Waals surface area (Å²) in [6.45, 7) is 0. The Labute approximate surface area is 367 Å². The van der Waals surface area contributed by atoms with Crippen molar-refractivity contribution in [3.8, 4) is 73.6 Å². The summed E-state index contributed by atoms with van der Waals surface area (Å²) in [4.78, 5) is 15.4. The first kappa shape index (κ1) is 36.5. The van der Waals surface area contributed by atoms with Crippen molar-refractivity contribution in [3.05, 3.63) is 212 Å². The predicted molar refractivity (Wildman–Crippen MR) is 263 cm³/mol. The maximum Gasteiger partial charge on any atom is 0.164 e. The van der Waals surface area contributed by atoms with Crippen LogP contribution in [0.5, 0.6) is 0 Å². The zero-order valence-corrected chi connectivity index (χ0v) is 34.6. The van der Waals surface area contributed by atoms with E-state index in [1.54, 1.807) is 11.3 Å². The standard InChI is InChI=1S/C58H34N4S/c59-35-36-21-23-37(24-22-36)38-25-27-39(28-26-38)50-33-52-47-18-7-5-16-45(47)51(34-53(52)46-17-6-4-15-44(46)50)41-13-10-14-42(31-41)57-60-56(40-11-2-1-3-12-40)61-58(62-57)43-29-30-49-48-19-8-9-20-54(48)63-55(49)32-43/h1-34H. The van der Waals surface area contributed by atoms with Crippen LogP contribution in [0.15, 0.2) is 206 Å². The van der Waals surface area contributed by atoms with Gasteiger partial charge in [-0.1, -0.05) is 164 Å². The average Bonchev–Trinajstić information content (AvgIpc) is 3.74. The van der Waals surface area contributed by atoms with Crippen LogP contribution in [0.2, 0.25) is 0 Å². The van der Waals surface area contributed by atoms with Gasteiger partial charge in [-0.05, 0) is 108 Å². The van der Waals surface area contributed by atoms with Gasteiger partial charge >= 0.3 is 0 Å². The zero-order valence-electron chi connectivity index (χ0n) is 33.8. The Morgan fingerprint density at radius 2 is 0.762 bits per heavy atom. The van der Waals surface area contributed by atoms with Crippen molar-refractivity contribution in [2.75, 3.05) is 0 Å². The van der Waals surface area contributed by atoms with Gasteiger partial charge in [-0.25, -0.2) is 15.0 Å². The molecule has 12 rings (SSSR count). The molecule has 0 fully saturated rings. The third kappa shape index (κ3) is 6.40. The molecule has 0 unspecified atom stereocenters. The molecule has 0 saturated carbocycles. The fourth-order valence-corrected chi connectivity index (χ4v) is 10.2. The molecule has 0 N–H and O–H groups in total. The Kier molecular flexibility index (Phi) is 8.70. The van der Waals surface area contributed by atoms with E-state index in [4.69, 9.17) is 15.0 Å². The highest BCUT2D eigenvalue weighted by molar-refractivity contribution is 7.25. The number of thiophene rings is 1. The normalized spacial score (nSPS) is 11.5. The molecule has 0 aliphatic carbocycles. The van der Waals surface area contributed by atoms with Crippen molar-refractivity contribution < 1.29 is 0 Å². The van der Waals surface area contributed by atoms with Gasteiger partial charge in [-0.2, -0.15) is 5.26 Å². The third-order valence-electron chi connectivity index (χ3n) is 12.2. The maximum absolute atomic E-state index is 9.28. The van der Waals surface area contributed by atoms with E-state index in [9.17, 15) is 5.26 Å². The molecule has 0 atom stereocenters. The highest BCUT2D eigenvalue weighted by Crippen LogP contribution is 2.43. The lowest BCUT2D eigenvalue weighted by Gasteiger charge is -2.16. The average molecular weight is 819 g/mol. The molecule has 2 aromatic heterocycles. The fraction of sp³-hybridized carbons (Fsp3) is 0. The van der Waals surface area contributed by atoms with Gasteiger partial charge in [-0.15, -0.1) is 11.3 Å². The molecule has 2 heterocycles.